The van der Waals surface area contributed by atoms with Crippen molar-refractivity contribution in [2.75, 3.05) is 0 Å². The maximum absolute atomic E-state index is 13.0. The van der Waals surface area contributed by atoms with E-state index in [9.17, 15) is 21.6 Å². The predicted octanol–water partition coefficient (Wildman–Crippen LogP) is 6.20. The van der Waals surface area contributed by atoms with E-state index in [-0.39, 0.29) is 5.75 Å². The van der Waals surface area contributed by atoms with Gasteiger partial charge in [-0.05, 0) is 45.7 Å². The van der Waals surface area contributed by atoms with Crippen molar-refractivity contribution in [1.29, 1.82) is 0 Å². The first-order valence-electron chi connectivity index (χ1n) is 8.70. The molecule has 4 aromatic rings. The number of benzene rings is 4. The van der Waals surface area contributed by atoms with Crippen molar-refractivity contribution in [2.45, 2.75) is 12.4 Å². The summed E-state index contributed by atoms with van der Waals surface area (Å²) in [5.74, 6) is -0.361. The van der Waals surface area contributed by atoms with Crippen LogP contribution in [0.5, 0.6) is 5.75 Å². The van der Waals surface area contributed by atoms with Gasteiger partial charge >= 0.3 is 15.6 Å². The Morgan fingerprint density at radius 1 is 0.724 bits per heavy atom. The fourth-order valence-electron chi connectivity index (χ4n) is 3.46. The molecule has 0 atom stereocenters. The Kier molecular flexibility index (Phi) is 4.50. The van der Waals surface area contributed by atoms with Crippen LogP contribution in [-0.2, 0) is 10.1 Å². The van der Waals surface area contributed by atoms with Crippen LogP contribution in [0.15, 0.2) is 72.8 Å². The topological polar surface area (TPSA) is 43.4 Å². The minimum absolute atomic E-state index is 0.310. The Bertz CT molecular complexity index is 1340. The number of rotatable bonds is 3. The molecule has 0 aliphatic rings. The van der Waals surface area contributed by atoms with Crippen LogP contribution in [0, 0.1) is 6.92 Å². The van der Waals surface area contributed by atoms with Crippen molar-refractivity contribution in [2.24, 2.45) is 0 Å². The number of alkyl halides is 3. The van der Waals surface area contributed by atoms with Gasteiger partial charge in [0.25, 0.3) is 0 Å². The Morgan fingerprint density at radius 2 is 1.24 bits per heavy atom. The van der Waals surface area contributed by atoms with E-state index in [1.165, 1.54) is 6.07 Å². The predicted molar refractivity (Wildman–Crippen MR) is 107 cm³/mol. The van der Waals surface area contributed by atoms with Crippen molar-refractivity contribution in [3.8, 4) is 16.9 Å². The molecule has 4 rings (SSSR count). The second kappa shape index (κ2) is 6.77. The zero-order chi connectivity index (χ0) is 20.8. The van der Waals surface area contributed by atoms with E-state index < -0.39 is 15.6 Å². The Balaban J connectivity index is 2.10. The molecule has 0 spiro atoms. The van der Waals surface area contributed by atoms with Gasteiger partial charge in [-0.2, -0.15) is 21.6 Å². The number of hydrogen-bond donors (Lipinski definition) is 0. The van der Waals surface area contributed by atoms with E-state index in [2.05, 4.69) is 4.18 Å². The summed E-state index contributed by atoms with van der Waals surface area (Å²) in [5, 5.41) is 3.03. The van der Waals surface area contributed by atoms with Gasteiger partial charge in [-0.1, -0.05) is 66.7 Å². The standard InChI is InChI=1S/C22H15F3O3S/c1-14-10-11-15-6-2-4-8-17(15)20(14)21-18-9-5-3-7-16(18)12-13-19(21)28-29(26,27)22(23,24)25/h2-13H,1H3. The molecular formula is C22H15F3O3S. The fourth-order valence-corrected chi connectivity index (χ4v) is 3.93. The summed E-state index contributed by atoms with van der Waals surface area (Å²) in [6.07, 6.45) is 0. The number of fused-ring (bicyclic) bond motifs is 2. The van der Waals surface area contributed by atoms with E-state index >= 15 is 0 Å². The van der Waals surface area contributed by atoms with E-state index in [0.29, 0.717) is 16.5 Å². The maximum Gasteiger partial charge on any atom is 0.534 e. The van der Waals surface area contributed by atoms with Crippen LogP contribution in [0.25, 0.3) is 32.7 Å². The van der Waals surface area contributed by atoms with Crippen molar-refractivity contribution >= 4 is 31.7 Å². The van der Waals surface area contributed by atoms with Gasteiger partial charge in [0.15, 0.2) is 5.75 Å². The first kappa shape index (κ1) is 19.3. The lowest BCUT2D eigenvalue weighted by Crippen LogP contribution is -2.28. The highest BCUT2D eigenvalue weighted by molar-refractivity contribution is 7.88. The van der Waals surface area contributed by atoms with Gasteiger partial charge < -0.3 is 4.18 Å². The average molecular weight is 416 g/mol. The molecule has 0 aliphatic carbocycles. The molecule has 0 N–H and O–H groups in total. The zero-order valence-electron chi connectivity index (χ0n) is 15.2. The third-order valence-electron chi connectivity index (χ3n) is 4.76. The molecule has 0 unspecified atom stereocenters. The molecule has 0 amide bonds. The van der Waals surface area contributed by atoms with Crippen LogP contribution in [0.3, 0.4) is 0 Å². The summed E-state index contributed by atoms with van der Waals surface area (Å²) < 4.78 is 67.1. The molecule has 148 valence electrons. The third kappa shape index (κ3) is 3.31. The van der Waals surface area contributed by atoms with E-state index in [0.717, 1.165) is 21.7 Å². The quantitative estimate of drug-likeness (QED) is 0.295. The van der Waals surface area contributed by atoms with Crippen LogP contribution < -0.4 is 4.18 Å². The second-order valence-corrected chi connectivity index (χ2v) is 8.16. The van der Waals surface area contributed by atoms with Gasteiger partial charge in [0.1, 0.15) is 0 Å². The highest BCUT2D eigenvalue weighted by Crippen LogP contribution is 2.43. The Hall–Kier alpha value is -3.06. The lowest BCUT2D eigenvalue weighted by atomic mass is 9.90. The first-order valence-corrected chi connectivity index (χ1v) is 10.1. The van der Waals surface area contributed by atoms with E-state index in [4.69, 9.17) is 0 Å². The highest BCUT2D eigenvalue weighted by Gasteiger charge is 2.49. The molecule has 4 aromatic carbocycles. The van der Waals surface area contributed by atoms with Crippen LogP contribution in [-0.4, -0.2) is 13.9 Å². The molecule has 7 heteroatoms. The first-order chi connectivity index (χ1) is 13.7. The van der Waals surface area contributed by atoms with Crippen molar-refractivity contribution in [1.82, 2.24) is 0 Å². The molecule has 0 saturated carbocycles. The van der Waals surface area contributed by atoms with Gasteiger partial charge in [-0.15, -0.1) is 0 Å². The lowest BCUT2D eigenvalue weighted by molar-refractivity contribution is -0.0499. The number of halogens is 3. The summed E-state index contributed by atoms with van der Waals surface area (Å²) in [7, 11) is -5.82. The highest BCUT2D eigenvalue weighted by atomic mass is 32.2. The summed E-state index contributed by atoms with van der Waals surface area (Å²) >= 11 is 0. The number of hydrogen-bond acceptors (Lipinski definition) is 3. The lowest BCUT2D eigenvalue weighted by Gasteiger charge is -2.18. The molecule has 3 nitrogen and oxygen atoms in total. The summed E-state index contributed by atoms with van der Waals surface area (Å²) in [5.41, 5.74) is -3.80. The molecule has 0 saturated heterocycles. The van der Waals surface area contributed by atoms with Gasteiger partial charge in [-0.25, -0.2) is 0 Å². The maximum atomic E-state index is 13.0. The normalized spacial score (nSPS) is 12.4. The number of aryl methyl sites for hydroxylation is 1. The van der Waals surface area contributed by atoms with Crippen LogP contribution in [0.1, 0.15) is 5.56 Å². The van der Waals surface area contributed by atoms with Gasteiger partial charge in [0.2, 0.25) is 0 Å². The molecule has 0 aromatic heterocycles. The third-order valence-corrected chi connectivity index (χ3v) is 5.73. The van der Waals surface area contributed by atoms with Gasteiger partial charge in [-0.3, -0.25) is 0 Å². The minimum atomic E-state index is -5.82. The Morgan fingerprint density at radius 3 is 1.83 bits per heavy atom. The molecule has 29 heavy (non-hydrogen) atoms. The molecule has 0 aliphatic heterocycles. The van der Waals surface area contributed by atoms with Crippen LogP contribution in [0.4, 0.5) is 13.2 Å². The van der Waals surface area contributed by atoms with Gasteiger partial charge in [0, 0.05) is 5.56 Å². The van der Waals surface area contributed by atoms with Crippen molar-refractivity contribution in [3.63, 3.8) is 0 Å². The SMILES string of the molecule is Cc1ccc2ccccc2c1-c1c(OS(=O)(=O)C(F)(F)F)ccc2ccccc12. The fraction of sp³-hybridized carbons (Fsp3) is 0.0909. The molecular weight excluding hydrogens is 401 g/mol. The summed E-state index contributed by atoms with van der Waals surface area (Å²) in [4.78, 5) is 0. The molecule has 0 bridgehead atoms. The minimum Gasteiger partial charge on any atom is -0.375 e. The molecule has 0 heterocycles. The van der Waals surface area contributed by atoms with Crippen LogP contribution in [0.2, 0.25) is 0 Å². The average Bonchev–Trinajstić information content (AvgIpc) is 2.67. The molecule has 0 radical (unpaired) electrons. The van der Waals surface area contributed by atoms with Crippen molar-refractivity contribution < 1.29 is 25.8 Å². The summed E-state index contributed by atoms with van der Waals surface area (Å²) in [6.45, 7) is 1.82. The Labute approximate surface area is 165 Å². The monoisotopic (exact) mass is 416 g/mol. The van der Waals surface area contributed by atoms with Crippen LogP contribution >= 0.6 is 0 Å². The zero-order valence-corrected chi connectivity index (χ0v) is 16.0. The van der Waals surface area contributed by atoms with E-state index in [1.54, 1.807) is 30.3 Å². The smallest absolute Gasteiger partial charge is 0.375 e. The van der Waals surface area contributed by atoms with Crippen molar-refractivity contribution in [3.05, 3.63) is 78.4 Å². The second-order valence-electron chi connectivity index (χ2n) is 6.62. The van der Waals surface area contributed by atoms with Gasteiger partial charge in [0.05, 0.1) is 0 Å². The summed E-state index contributed by atoms with van der Waals surface area (Å²) in [6, 6.07) is 21.1. The van der Waals surface area contributed by atoms with E-state index in [1.807, 2.05) is 43.3 Å². The molecule has 0 fully saturated rings. The largest absolute Gasteiger partial charge is 0.534 e.